The van der Waals surface area contributed by atoms with Gasteiger partial charge in [-0.05, 0) is 39.0 Å². The zero-order chi connectivity index (χ0) is 14.8. The minimum Gasteiger partial charge on any atom is -0.410 e. The molecule has 0 aliphatic carbocycles. The Bertz CT molecular complexity index is 481. The van der Waals surface area contributed by atoms with Crippen LogP contribution in [0.1, 0.15) is 26.3 Å². The summed E-state index contributed by atoms with van der Waals surface area (Å²) in [5.41, 5.74) is -1.42. The Morgan fingerprint density at radius 1 is 1.21 bits per heavy atom. The average molecular weight is 340 g/mol. The number of halogens is 4. The summed E-state index contributed by atoms with van der Waals surface area (Å²) in [6.45, 7) is 5.20. The monoisotopic (exact) mass is 339 g/mol. The van der Waals surface area contributed by atoms with Crippen LogP contribution in [0.15, 0.2) is 22.7 Å². The molecule has 0 fully saturated rings. The minimum atomic E-state index is -4.50. The van der Waals surface area contributed by atoms with Gasteiger partial charge in [-0.15, -0.1) is 0 Å². The van der Waals surface area contributed by atoms with Crippen LogP contribution in [-0.2, 0) is 6.18 Å². The number of alkyl halides is 3. The molecule has 0 heterocycles. The van der Waals surface area contributed by atoms with Gasteiger partial charge < -0.3 is 10.1 Å². The summed E-state index contributed by atoms with van der Waals surface area (Å²) in [5, 5.41) is 2.49. The molecule has 1 N–H and O–H groups in total. The second-order valence-electron chi connectivity index (χ2n) is 4.94. The molecule has 0 aromatic heterocycles. The summed E-state index contributed by atoms with van der Waals surface area (Å²) < 4.78 is 42.7. The normalized spacial score (nSPS) is 12.2. The highest BCUT2D eigenvalue weighted by atomic mass is 79.9. The number of nitrogens with one attached hydrogen (secondary N) is 1. The Kier molecular flexibility index (Phi) is 4.50. The Morgan fingerprint density at radius 2 is 1.79 bits per heavy atom. The van der Waals surface area contributed by atoms with Gasteiger partial charge in [-0.25, -0.2) is 4.79 Å². The molecule has 0 bridgehead atoms. The van der Waals surface area contributed by atoms with Crippen molar-refractivity contribution in [2.24, 2.45) is 0 Å². The quantitative estimate of drug-likeness (QED) is 0.825. The lowest BCUT2D eigenvalue weighted by Crippen LogP contribution is -2.42. The van der Waals surface area contributed by atoms with Crippen molar-refractivity contribution in [3.63, 3.8) is 0 Å². The van der Waals surface area contributed by atoms with Gasteiger partial charge in [0.2, 0.25) is 0 Å². The van der Waals surface area contributed by atoms with Gasteiger partial charge in [0, 0.05) is 10.0 Å². The molecule has 0 atom stereocenters. The van der Waals surface area contributed by atoms with Crippen LogP contribution < -0.4 is 10.1 Å². The van der Waals surface area contributed by atoms with Crippen molar-refractivity contribution in [3.05, 3.63) is 28.2 Å². The molecular weight excluding hydrogens is 327 g/mol. The van der Waals surface area contributed by atoms with Gasteiger partial charge in [0.15, 0.2) is 0 Å². The molecule has 19 heavy (non-hydrogen) atoms. The van der Waals surface area contributed by atoms with Crippen LogP contribution in [0, 0.1) is 0 Å². The predicted molar refractivity (Wildman–Crippen MR) is 68.1 cm³/mol. The third kappa shape index (κ3) is 5.50. The highest BCUT2D eigenvalue weighted by Crippen LogP contribution is 2.34. The topological polar surface area (TPSA) is 38.3 Å². The van der Waals surface area contributed by atoms with Gasteiger partial charge in [0.1, 0.15) is 5.75 Å². The molecule has 1 amide bonds. The van der Waals surface area contributed by atoms with Crippen molar-refractivity contribution in [3.8, 4) is 5.75 Å². The number of hydrogen-bond donors (Lipinski definition) is 1. The van der Waals surface area contributed by atoms with E-state index in [4.69, 9.17) is 4.74 Å². The Labute approximate surface area is 117 Å². The first-order valence-electron chi connectivity index (χ1n) is 5.35. The first kappa shape index (κ1) is 15.8. The van der Waals surface area contributed by atoms with Crippen molar-refractivity contribution in [1.29, 1.82) is 0 Å². The van der Waals surface area contributed by atoms with Gasteiger partial charge in [-0.3, -0.25) is 0 Å². The maximum atomic E-state index is 12.6. The number of rotatable bonds is 1. The van der Waals surface area contributed by atoms with Gasteiger partial charge in [0.05, 0.1) is 5.56 Å². The van der Waals surface area contributed by atoms with E-state index in [0.717, 1.165) is 12.1 Å². The van der Waals surface area contributed by atoms with Crippen LogP contribution >= 0.6 is 15.9 Å². The predicted octanol–water partition coefficient (Wildman–Crippen LogP) is 4.35. The van der Waals surface area contributed by atoms with Crippen LogP contribution in [0.2, 0.25) is 0 Å². The van der Waals surface area contributed by atoms with Gasteiger partial charge in [0.25, 0.3) is 0 Å². The third-order valence-corrected chi connectivity index (χ3v) is 2.34. The van der Waals surface area contributed by atoms with E-state index in [2.05, 4.69) is 21.2 Å². The van der Waals surface area contributed by atoms with E-state index in [0.29, 0.717) is 0 Å². The van der Waals surface area contributed by atoms with Gasteiger partial charge in [-0.1, -0.05) is 15.9 Å². The van der Waals surface area contributed by atoms with Gasteiger partial charge >= 0.3 is 12.3 Å². The van der Waals surface area contributed by atoms with Crippen LogP contribution in [0.4, 0.5) is 18.0 Å². The summed E-state index contributed by atoms with van der Waals surface area (Å²) in [7, 11) is 0. The Balaban J connectivity index is 2.91. The molecule has 7 heteroatoms. The SMILES string of the molecule is CC(C)(C)NC(=O)Oc1cc(Br)cc(C(F)(F)F)c1. The standard InChI is InChI=1S/C12H13BrF3NO2/c1-11(2,3)17-10(18)19-9-5-7(12(14,15)16)4-8(13)6-9/h4-6H,1-3H3,(H,17,18). The molecule has 106 valence electrons. The Hall–Kier alpha value is -1.24. The number of benzene rings is 1. The number of carbonyl (C=O) groups excluding carboxylic acids is 1. The lowest BCUT2D eigenvalue weighted by atomic mass is 10.1. The minimum absolute atomic E-state index is 0.177. The third-order valence-electron chi connectivity index (χ3n) is 1.89. The fourth-order valence-electron chi connectivity index (χ4n) is 1.22. The Morgan fingerprint density at radius 3 is 2.26 bits per heavy atom. The van der Waals surface area contributed by atoms with Crippen molar-refractivity contribution in [2.75, 3.05) is 0 Å². The van der Waals surface area contributed by atoms with E-state index < -0.39 is 23.4 Å². The summed E-state index contributed by atoms with van der Waals surface area (Å²) in [4.78, 5) is 11.5. The zero-order valence-corrected chi connectivity index (χ0v) is 12.1. The number of carbonyl (C=O) groups is 1. The first-order valence-corrected chi connectivity index (χ1v) is 6.14. The smallest absolute Gasteiger partial charge is 0.410 e. The second-order valence-corrected chi connectivity index (χ2v) is 5.85. The van der Waals surface area contributed by atoms with E-state index in [9.17, 15) is 18.0 Å². The van der Waals surface area contributed by atoms with E-state index in [1.54, 1.807) is 20.8 Å². The molecule has 1 aromatic carbocycles. The first-order chi connectivity index (χ1) is 8.47. The van der Waals surface area contributed by atoms with E-state index in [-0.39, 0.29) is 10.2 Å². The summed E-state index contributed by atoms with van der Waals surface area (Å²) >= 11 is 2.95. The molecule has 0 saturated carbocycles. The molecule has 1 rings (SSSR count). The van der Waals surface area contributed by atoms with Crippen molar-refractivity contribution in [1.82, 2.24) is 5.32 Å². The molecule has 0 aliphatic heterocycles. The average Bonchev–Trinajstić information content (AvgIpc) is 2.11. The molecular formula is C12H13BrF3NO2. The molecule has 1 aromatic rings. The highest BCUT2D eigenvalue weighted by Gasteiger charge is 2.31. The lowest BCUT2D eigenvalue weighted by molar-refractivity contribution is -0.137. The molecule has 0 spiro atoms. The van der Waals surface area contributed by atoms with Crippen LogP contribution in [-0.4, -0.2) is 11.6 Å². The maximum absolute atomic E-state index is 12.6. The van der Waals surface area contributed by atoms with E-state index in [1.165, 1.54) is 6.07 Å². The summed E-state index contributed by atoms with van der Waals surface area (Å²) in [6.07, 6.45) is -5.30. The fraction of sp³-hybridized carbons (Fsp3) is 0.417. The number of hydrogen-bond acceptors (Lipinski definition) is 2. The van der Waals surface area contributed by atoms with Crippen LogP contribution in [0.3, 0.4) is 0 Å². The van der Waals surface area contributed by atoms with Crippen LogP contribution in [0.5, 0.6) is 5.75 Å². The van der Waals surface area contributed by atoms with Crippen molar-refractivity contribution in [2.45, 2.75) is 32.5 Å². The zero-order valence-electron chi connectivity index (χ0n) is 10.6. The number of amides is 1. The second kappa shape index (κ2) is 5.40. The maximum Gasteiger partial charge on any atom is 0.416 e. The van der Waals surface area contributed by atoms with Crippen molar-refractivity contribution < 1.29 is 22.7 Å². The molecule has 0 radical (unpaired) electrons. The summed E-state index contributed by atoms with van der Waals surface area (Å²) in [5.74, 6) is -0.177. The van der Waals surface area contributed by atoms with Crippen LogP contribution in [0.25, 0.3) is 0 Å². The number of ether oxygens (including phenoxy) is 1. The van der Waals surface area contributed by atoms with Gasteiger partial charge in [-0.2, -0.15) is 13.2 Å². The van der Waals surface area contributed by atoms with Crippen molar-refractivity contribution >= 4 is 22.0 Å². The lowest BCUT2D eigenvalue weighted by Gasteiger charge is -2.20. The molecule has 3 nitrogen and oxygen atoms in total. The highest BCUT2D eigenvalue weighted by molar-refractivity contribution is 9.10. The fourth-order valence-corrected chi connectivity index (χ4v) is 1.70. The largest absolute Gasteiger partial charge is 0.416 e. The molecule has 0 saturated heterocycles. The van der Waals surface area contributed by atoms with E-state index in [1.807, 2.05) is 0 Å². The van der Waals surface area contributed by atoms with E-state index >= 15 is 0 Å². The molecule has 0 unspecified atom stereocenters. The summed E-state index contributed by atoms with van der Waals surface area (Å²) in [6, 6.07) is 2.97. The molecule has 0 aliphatic rings.